The summed E-state index contributed by atoms with van der Waals surface area (Å²) in [4.78, 5) is 29.3. The van der Waals surface area contributed by atoms with Crippen LogP contribution in [-0.2, 0) is 0 Å². The highest BCUT2D eigenvalue weighted by molar-refractivity contribution is 5.94. The Morgan fingerprint density at radius 3 is 3.09 bits per heavy atom. The normalized spacial score (nSPS) is 24.0. The quantitative estimate of drug-likeness (QED) is 0.894. The fraction of sp³-hybridized carbons (Fsp3) is 0.471. The summed E-state index contributed by atoms with van der Waals surface area (Å²) >= 11 is 0. The molecule has 0 aliphatic heterocycles. The van der Waals surface area contributed by atoms with Gasteiger partial charge in [0.15, 0.2) is 0 Å². The van der Waals surface area contributed by atoms with E-state index in [1.54, 1.807) is 12.3 Å². The second-order valence-electron chi connectivity index (χ2n) is 6.59. The van der Waals surface area contributed by atoms with Gasteiger partial charge in [-0.05, 0) is 31.4 Å². The minimum absolute atomic E-state index is 0.0199. The molecule has 1 aliphatic rings. The Kier molecular flexibility index (Phi) is 3.93. The smallest absolute Gasteiger partial charge is 0.270 e. The van der Waals surface area contributed by atoms with Gasteiger partial charge in [-0.15, -0.1) is 0 Å². The van der Waals surface area contributed by atoms with E-state index in [1.165, 1.54) is 10.6 Å². The molecule has 6 heteroatoms. The Hall–Kier alpha value is -2.21. The van der Waals surface area contributed by atoms with Gasteiger partial charge in [0.25, 0.3) is 11.5 Å². The predicted octanol–water partition coefficient (Wildman–Crippen LogP) is 1.28. The number of hydrogen-bond donors (Lipinski definition) is 2. The van der Waals surface area contributed by atoms with Gasteiger partial charge in [0.05, 0.1) is 6.61 Å². The van der Waals surface area contributed by atoms with Crippen LogP contribution >= 0.6 is 0 Å². The molecule has 0 aromatic carbocycles. The SMILES string of the molecule is Cc1cccn2c(=O)c(C(=O)NC3CCCC3(C)CO)cnc12. The van der Waals surface area contributed by atoms with Crippen LogP contribution in [0, 0.1) is 12.3 Å². The average Bonchev–Trinajstić information content (AvgIpc) is 2.90. The van der Waals surface area contributed by atoms with Gasteiger partial charge in [0.2, 0.25) is 0 Å². The number of aliphatic hydroxyl groups is 1. The van der Waals surface area contributed by atoms with E-state index in [0.29, 0.717) is 5.65 Å². The fourth-order valence-electron chi connectivity index (χ4n) is 3.31. The minimum Gasteiger partial charge on any atom is -0.396 e. The third kappa shape index (κ3) is 2.63. The van der Waals surface area contributed by atoms with E-state index in [4.69, 9.17) is 0 Å². The summed E-state index contributed by atoms with van der Waals surface area (Å²) in [6.07, 6.45) is 5.58. The minimum atomic E-state index is -0.426. The van der Waals surface area contributed by atoms with Crippen LogP contribution in [0.25, 0.3) is 5.65 Å². The number of aromatic nitrogens is 2. The lowest BCUT2D eigenvalue weighted by atomic mass is 9.85. The number of pyridine rings is 1. The average molecular weight is 315 g/mol. The van der Waals surface area contributed by atoms with Crippen molar-refractivity contribution < 1.29 is 9.90 Å². The van der Waals surface area contributed by atoms with Crippen molar-refractivity contribution in [2.75, 3.05) is 6.61 Å². The van der Waals surface area contributed by atoms with Gasteiger partial charge < -0.3 is 10.4 Å². The van der Waals surface area contributed by atoms with E-state index in [9.17, 15) is 14.7 Å². The molecule has 2 N–H and O–H groups in total. The number of rotatable bonds is 3. The van der Waals surface area contributed by atoms with Gasteiger partial charge in [-0.25, -0.2) is 4.98 Å². The van der Waals surface area contributed by atoms with Crippen LogP contribution < -0.4 is 10.9 Å². The highest BCUT2D eigenvalue weighted by Crippen LogP contribution is 2.37. The van der Waals surface area contributed by atoms with Crippen molar-refractivity contribution in [1.82, 2.24) is 14.7 Å². The lowest BCUT2D eigenvalue weighted by Gasteiger charge is -2.29. The molecule has 0 spiro atoms. The summed E-state index contributed by atoms with van der Waals surface area (Å²) in [6.45, 7) is 3.85. The maximum absolute atomic E-state index is 12.5. The Balaban J connectivity index is 1.93. The third-order valence-corrected chi connectivity index (χ3v) is 4.92. The molecule has 2 aromatic rings. The molecule has 2 atom stereocenters. The molecular weight excluding hydrogens is 294 g/mol. The molecule has 0 bridgehead atoms. The number of nitrogens with zero attached hydrogens (tertiary/aromatic N) is 2. The third-order valence-electron chi connectivity index (χ3n) is 4.92. The molecule has 1 saturated carbocycles. The van der Waals surface area contributed by atoms with Crippen molar-refractivity contribution >= 4 is 11.6 Å². The van der Waals surface area contributed by atoms with E-state index in [2.05, 4.69) is 10.3 Å². The number of aliphatic hydroxyl groups excluding tert-OH is 1. The molecule has 0 radical (unpaired) electrons. The van der Waals surface area contributed by atoms with Crippen molar-refractivity contribution in [3.8, 4) is 0 Å². The van der Waals surface area contributed by atoms with Gasteiger partial charge in [0.1, 0.15) is 11.2 Å². The van der Waals surface area contributed by atoms with Crippen molar-refractivity contribution in [3.63, 3.8) is 0 Å². The Morgan fingerprint density at radius 2 is 2.35 bits per heavy atom. The van der Waals surface area contributed by atoms with Crippen LogP contribution in [0.5, 0.6) is 0 Å². The second kappa shape index (κ2) is 5.77. The Morgan fingerprint density at radius 1 is 1.57 bits per heavy atom. The standard InChI is InChI=1S/C17H21N3O3/c1-11-5-4-8-20-14(11)18-9-12(16(20)23)15(22)19-13-6-3-7-17(13,2)10-21/h4-5,8-9,13,21H,3,6-7,10H2,1-2H3,(H,19,22). The zero-order valence-electron chi connectivity index (χ0n) is 13.4. The first-order valence-electron chi connectivity index (χ1n) is 7.85. The zero-order chi connectivity index (χ0) is 16.6. The first-order chi connectivity index (χ1) is 11.0. The first kappa shape index (κ1) is 15.7. The monoisotopic (exact) mass is 315 g/mol. The van der Waals surface area contributed by atoms with E-state index in [0.717, 1.165) is 24.8 Å². The second-order valence-corrected chi connectivity index (χ2v) is 6.59. The largest absolute Gasteiger partial charge is 0.396 e. The van der Waals surface area contributed by atoms with E-state index >= 15 is 0 Å². The maximum atomic E-state index is 12.5. The molecule has 1 aliphatic carbocycles. The summed E-state index contributed by atoms with van der Waals surface area (Å²) in [7, 11) is 0. The summed E-state index contributed by atoms with van der Waals surface area (Å²) < 4.78 is 1.39. The van der Waals surface area contributed by atoms with Gasteiger partial charge in [0, 0.05) is 23.9 Å². The Bertz CT molecular complexity index is 814. The lowest BCUT2D eigenvalue weighted by molar-refractivity contribution is 0.0828. The van der Waals surface area contributed by atoms with Crippen LogP contribution in [0.3, 0.4) is 0 Å². The van der Waals surface area contributed by atoms with E-state index in [-0.39, 0.29) is 29.2 Å². The van der Waals surface area contributed by atoms with Crippen LogP contribution in [0.15, 0.2) is 29.3 Å². The van der Waals surface area contributed by atoms with Crippen molar-refractivity contribution in [3.05, 3.63) is 46.0 Å². The molecule has 0 saturated heterocycles. The molecule has 2 aromatic heterocycles. The zero-order valence-corrected chi connectivity index (χ0v) is 13.4. The molecule has 1 fully saturated rings. The molecule has 122 valence electrons. The fourth-order valence-corrected chi connectivity index (χ4v) is 3.31. The van der Waals surface area contributed by atoms with Gasteiger partial charge in [-0.1, -0.05) is 19.4 Å². The molecule has 2 unspecified atom stereocenters. The van der Waals surface area contributed by atoms with Crippen LogP contribution in [0.1, 0.15) is 42.1 Å². The molecular formula is C17H21N3O3. The van der Waals surface area contributed by atoms with E-state index < -0.39 is 5.91 Å². The number of hydrogen-bond acceptors (Lipinski definition) is 4. The number of amides is 1. The molecule has 2 heterocycles. The summed E-state index contributed by atoms with van der Waals surface area (Å²) in [5.74, 6) is -0.426. The van der Waals surface area contributed by atoms with Gasteiger partial charge in [-0.2, -0.15) is 0 Å². The topological polar surface area (TPSA) is 83.7 Å². The molecule has 6 nitrogen and oxygen atoms in total. The first-order valence-corrected chi connectivity index (χ1v) is 7.85. The maximum Gasteiger partial charge on any atom is 0.270 e. The number of fused-ring (bicyclic) bond motifs is 1. The van der Waals surface area contributed by atoms with Gasteiger partial charge in [-0.3, -0.25) is 14.0 Å². The predicted molar refractivity (Wildman–Crippen MR) is 86.5 cm³/mol. The highest BCUT2D eigenvalue weighted by atomic mass is 16.3. The number of nitrogens with one attached hydrogen (secondary N) is 1. The number of carbonyl (C=O) groups is 1. The summed E-state index contributed by atoms with van der Waals surface area (Å²) in [5, 5.41) is 12.5. The van der Waals surface area contributed by atoms with Gasteiger partial charge >= 0.3 is 0 Å². The van der Waals surface area contributed by atoms with Crippen molar-refractivity contribution in [2.45, 2.75) is 39.2 Å². The number of carbonyl (C=O) groups excluding carboxylic acids is 1. The summed E-state index contributed by atoms with van der Waals surface area (Å²) in [5.41, 5.74) is 0.753. The lowest BCUT2D eigenvalue weighted by Crippen LogP contribution is -2.46. The van der Waals surface area contributed by atoms with Crippen molar-refractivity contribution in [1.29, 1.82) is 0 Å². The molecule has 23 heavy (non-hydrogen) atoms. The highest BCUT2D eigenvalue weighted by Gasteiger charge is 2.39. The summed E-state index contributed by atoms with van der Waals surface area (Å²) in [6, 6.07) is 3.50. The number of aryl methyl sites for hydroxylation is 1. The molecule has 1 amide bonds. The van der Waals surface area contributed by atoms with Crippen LogP contribution in [-0.4, -0.2) is 33.0 Å². The van der Waals surface area contributed by atoms with E-state index in [1.807, 2.05) is 19.9 Å². The Labute approximate surface area is 134 Å². The van der Waals surface area contributed by atoms with Crippen LogP contribution in [0.2, 0.25) is 0 Å². The van der Waals surface area contributed by atoms with Crippen molar-refractivity contribution in [2.24, 2.45) is 5.41 Å². The molecule has 3 rings (SSSR count). The van der Waals surface area contributed by atoms with Crippen LogP contribution in [0.4, 0.5) is 0 Å².